The summed E-state index contributed by atoms with van der Waals surface area (Å²) < 4.78 is 2.27. The molecule has 0 bridgehead atoms. The van der Waals surface area contributed by atoms with Crippen LogP contribution >= 0.6 is 0 Å². The Hall–Kier alpha value is -1.13. The topological polar surface area (TPSA) is 58.3 Å². The smallest absolute Gasteiger partial charge is 0.0945 e. The molecule has 1 heterocycles. The zero-order chi connectivity index (χ0) is 23.4. The standard InChI is InChI=1S/C29H46N2O2/c1-27(2,33)12-9-20(18-31-16-15-30-19-31)24-7-8-25-23-6-5-21-17-22(32)10-13-28(21,3)26(23)11-14-29(24,25)4/h5,15-16,19-20,22-26,32-33H,6-14,17-18H2,1-4H3/t20?,22-,23?,24+,25?,26?,28-,29?/m0/s1. The van der Waals surface area contributed by atoms with E-state index in [-0.39, 0.29) is 6.10 Å². The maximum Gasteiger partial charge on any atom is 0.0945 e. The molecule has 8 atom stereocenters. The molecule has 0 amide bonds. The van der Waals surface area contributed by atoms with Crippen LogP contribution in [0.4, 0.5) is 0 Å². The minimum absolute atomic E-state index is 0.120. The van der Waals surface area contributed by atoms with Crippen molar-refractivity contribution in [3.63, 3.8) is 0 Å². The van der Waals surface area contributed by atoms with Gasteiger partial charge in [-0.15, -0.1) is 0 Å². The predicted octanol–water partition coefficient (Wildman–Crippen LogP) is 5.99. The number of rotatable bonds is 6. The average Bonchev–Trinajstić information content (AvgIpc) is 3.38. The van der Waals surface area contributed by atoms with Crippen molar-refractivity contribution in [3.05, 3.63) is 30.4 Å². The van der Waals surface area contributed by atoms with Crippen LogP contribution in [0.1, 0.15) is 91.9 Å². The van der Waals surface area contributed by atoms with Crippen LogP contribution in [0.5, 0.6) is 0 Å². The molecule has 33 heavy (non-hydrogen) atoms. The summed E-state index contributed by atoms with van der Waals surface area (Å²) in [6, 6.07) is 0. The molecule has 1 aromatic rings. The molecule has 0 radical (unpaired) electrons. The van der Waals surface area contributed by atoms with Gasteiger partial charge in [0, 0.05) is 18.9 Å². The van der Waals surface area contributed by atoms with E-state index in [1.54, 1.807) is 5.57 Å². The van der Waals surface area contributed by atoms with Gasteiger partial charge in [0.05, 0.1) is 18.0 Å². The van der Waals surface area contributed by atoms with E-state index in [4.69, 9.17) is 0 Å². The number of imidazole rings is 1. The molecule has 0 saturated heterocycles. The molecule has 5 rings (SSSR count). The molecule has 3 saturated carbocycles. The van der Waals surface area contributed by atoms with Crippen LogP contribution < -0.4 is 0 Å². The summed E-state index contributed by atoms with van der Waals surface area (Å²) in [7, 11) is 0. The van der Waals surface area contributed by atoms with Gasteiger partial charge in [-0.25, -0.2) is 4.98 Å². The van der Waals surface area contributed by atoms with E-state index < -0.39 is 5.60 Å². The summed E-state index contributed by atoms with van der Waals surface area (Å²) in [6.07, 6.45) is 20.0. The van der Waals surface area contributed by atoms with Gasteiger partial charge in [0.25, 0.3) is 0 Å². The molecule has 5 unspecified atom stereocenters. The normalized spacial score (nSPS) is 41.6. The van der Waals surface area contributed by atoms with E-state index in [9.17, 15) is 10.2 Å². The van der Waals surface area contributed by atoms with Gasteiger partial charge in [-0.2, -0.15) is 0 Å². The first-order valence-corrected chi connectivity index (χ1v) is 13.7. The molecule has 4 nitrogen and oxygen atoms in total. The molecule has 3 fully saturated rings. The fourth-order valence-corrected chi connectivity index (χ4v) is 9.08. The number of nitrogens with zero attached hydrogens (tertiary/aromatic N) is 2. The predicted molar refractivity (Wildman–Crippen MR) is 132 cm³/mol. The summed E-state index contributed by atoms with van der Waals surface area (Å²) in [4.78, 5) is 4.30. The van der Waals surface area contributed by atoms with E-state index in [0.29, 0.717) is 16.7 Å². The lowest BCUT2D eigenvalue weighted by atomic mass is 9.47. The highest BCUT2D eigenvalue weighted by molar-refractivity contribution is 5.25. The van der Waals surface area contributed by atoms with E-state index >= 15 is 0 Å². The Labute approximate surface area is 200 Å². The third-order valence-electron chi connectivity index (χ3n) is 10.9. The monoisotopic (exact) mass is 454 g/mol. The van der Waals surface area contributed by atoms with E-state index in [0.717, 1.165) is 55.9 Å². The molecule has 4 heteroatoms. The third kappa shape index (κ3) is 4.24. The highest BCUT2D eigenvalue weighted by Gasteiger charge is 2.59. The molecule has 2 N–H and O–H groups in total. The van der Waals surface area contributed by atoms with Crippen LogP contribution in [0.2, 0.25) is 0 Å². The number of fused-ring (bicyclic) bond motifs is 5. The lowest BCUT2D eigenvalue weighted by Crippen LogP contribution is -2.51. The second kappa shape index (κ2) is 8.52. The lowest BCUT2D eigenvalue weighted by molar-refractivity contribution is -0.0611. The minimum atomic E-state index is -0.603. The van der Waals surface area contributed by atoms with Crippen molar-refractivity contribution < 1.29 is 10.2 Å². The molecule has 4 aliphatic rings. The number of aliphatic hydroxyl groups is 2. The Morgan fingerprint density at radius 3 is 2.70 bits per heavy atom. The van der Waals surface area contributed by atoms with Crippen LogP contribution in [0.3, 0.4) is 0 Å². The van der Waals surface area contributed by atoms with E-state index in [1.165, 1.54) is 38.5 Å². The highest BCUT2D eigenvalue weighted by atomic mass is 16.3. The summed E-state index contributed by atoms with van der Waals surface area (Å²) in [5.41, 5.74) is 1.69. The molecule has 1 aromatic heterocycles. The van der Waals surface area contributed by atoms with Crippen molar-refractivity contribution in [1.82, 2.24) is 9.55 Å². The summed E-state index contributed by atoms with van der Waals surface area (Å²) >= 11 is 0. The Balaban J connectivity index is 1.39. The average molecular weight is 455 g/mol. The summed E-state index contributed by atoms with van der Waals surface area (Å²) in [5, 5.41) is 20.8. The molecule has 0 aromatic carbocycles. The van der Waals surface area contributed by atoms with Crippen LogP contribution in [-0.4, -0.2) is 31.5 Å². The molecular formula is C29H46N2O2. The summed E-state index contributed by atoms with van der Waals surface area (Å²) in [6.45, 7) is 10.1. The Kier molecular flexibility index (Phi) is 6.09. The van der Waals surface area contributed by atoms with E-state index in [2.05, 4.69) is 35.7 Å². The number of allylic oxidation sites excluding steroid dienone is 1. The van der Waals surface area contributed by atoms with Crippen molar-refractivity contribution in [1.29, 1.82) is 0 Å². The Bertz CT molecular complexity index is 855. The highest BCUT2D eigenvalue weighted by Crippen LogP contribution is 2.67. The first kappa shape index (κ1) is 23.6. The van der Waals surface area contributed by atoms with Crippen molar-refractivity contribution >= 4 is 0 Å². The SMILES string of the molecule is CC(C)(O)CCC(Cn1ccnc1)[C@H]1CCC2C3CC=C4C[C@@H](O)CC[C@]4(C)C3CCC21C. The molecule has 4 aliphatic carbocycles. The van der Waals surface area contributed by atoms with Crippen LogP contribution in [0.25, 0.3) is 0 Å². The van der Waals surface area contributed by atoms with Crippen molar-refractivity contribution in [2.24, 2.45) is 40.4 Å². The molecule has 0 spiro atoms. The molecule has 184 valence electrons. The number of hydrogen-bond donors (Lipinski definition) is 2. The number of aromatic nitrogens is 2. The van der Waals surface area contributed by atoms with Crippen molar-refractivity contribution in [2.45, 2.75) is 110 Å². The van der Waals surface area contributed by atoms with Gasteiger partial charge in [-0.3, -0.25) is 0 Å². The quantitative estimate of drug-likeness (QED) is 0.519. The first-order valence-electron chi connectivity index (χ1n) is 13.7. The fraction of sp³-hybridized carbons (Fsp3) is 0.828. The Morgan fingerprint density at radius 1 is 1.15 bits per heavy atom. The zero-order valence-corrected chi connectivity index (χ0v) is 21.3. The van der Waals surface area contributed by atoms with Gasteiger partial charge >= 0.3 is 0 Å². The largest absolute Gasteiger partial charge is 0.393 e. The van der Waals surface area contributed by atoms with Crippen LogP contribution in [-0.2, 0) is 6.54 Å². The van der Waals surface area contributed by atoms with Crippen LogP contribution in [0, 0.1) is 40.4 Å². The first-order chi connectivity index (χ1) is 15.6. The van der Waals surface area contributed by atoms with Gasteiger partial charge in [0.1, 0.15) is 0 Å². The Morgan fingerprint density at radius 2 is 1.97 bits per heavy atom. The van der Waals surface area contributed by atoms with Gasteiger partial charge in [0.15, 0.2) is 0 Å². The van der Waals surface area contributed by atoms with Crippen LogP contribution in [0.15, 0.2) is 30.4 Å². The second-order valence-corrected chi connectivity index (χ2v) is 13.3. The molecular weight excluding hydrogens is 408 g/mol. The second-order valence-electron chi connectivity index (χ2n) is 13.3. The van der Waals surface area contributed by atoms with Gasteiger partial charge in [0.2, 0.25) is 0 Å². The molecule has 0 aliphatic heterocycles. The van der Waals surface area contributed by atoms with E-state index in [1.807, 2.05) is 26.4 Å². The minimum Gasteiger partial charge on any atom is -0.393 e. The van der Waals surface area contributed by atoms with Crippen molar-refractivity contribution in [2.75, 3.05) is 0 Å². The lowest BCUT2D eigenvalue weighted by Gasteiger charge is -2.58. The third-order valence-corrected chi connectivity index (χ3v) is 10.9. The van der Waals surface area contributed by atoms with Gasteiger partial charge in [-0.1, -0.05) is 25.5 Å². The number of aliphatic hydroxyl groups excluding tert-OH is 1. The number of hydrogen-bond acceptors (Lipinski definition) is 3. The van der Waals surface area contributed by atoms with Gasteiger partial charge < -0.3 is 14.8 Å². The van der Waals surface area contributed by atoms with Crippen molar-refractivity contribution in [3.8, 4) is 0 Å². The zero-order valence-electron chi connectivity index (χ0n) is 21.3. The fourth-order valence-electron chi connectivity index (χ4n) is 9.08. The maximum absolute atomic E-state index is 10.5. The summed E-state index contributed by atoms with van der Waals surface area (Å²) in [5.74, 6) is 3.73. The van der Waals surface area contributed by atoms with Gasteiger partial charge in [-0.05, 0) is 118 Å². The maximum atomic E-state index is 10.5.